The van der Waals surface area contributed by atoms with E-state index in [1.165, 1.54) is 6.42 Å². The van der Waals surface area contributed by atoms with Crippen molar-refractivity contribution < 1.29 is 14.6 Å². The molecule has 3 nitrogen and oxygen atoms in total. The van der Waals surface area contributed by atoms with E-state index in [-0.39, 0.29) is 17.3 Å². The number of rotatable bonds is 4. The molecule has 0 aliphatic heterocycles. The van der Waals surface area contributed by atoms with Crippen molar-refractivity contribution in [1.82, 2.24) is 0 Å². The maximum Gasteiger partial charge on any atom is 0.312 e. The summed E-state index contributed by atoms with van der Waals surface area (Å²) in [6, 6.07) is 0. The van der Waals surface area contributed by atoms with Gasteiger partial charge in [-0.25, -0.2) is 0 Å². The Labute approximate surface area is 147 Å². The van der Waals surface area contributed by atoms with E-state index >= 15 is 0 Å². The maximum absolute atomic E-state index is 13.3. The van der Waals surface area contributed by atoms with Gasteiger partial charge in [-0.2, -0.15) is 0 Å². The first kappa shape index (κ1) is 18.2. The molecule has 0 aromatic carbocycles. The zero-order chi connectivity index (χ0) is 18.0. The molecule has 0 aromatic rings. The fraction of sp³-hybridized carbons (Fsp3) is 0.952. The predicted octanol–water partition coefficient (Wildman–Crippen LogP) is 4.71. The van der Waals surface area contributed by atoms with E-state index in [9.17, 15) is 9.90 Å². The molecule has 0 heterocycles. The standard InChI is InChI=1S/C21H36O3/c1-14(2)19(6,12-18(3,4)5)17(22)24-21-10-15-7-16(11-21)9-20(23,8-15)13-21/h14-16,23H,7-13H2,1-6H3. The molecule has 4 rings (SSSR count). The maximum atomic E-state index is 13.3. The molecule has 3 atom stereocenters. The summed E-state index contributed by atoms with van der Waals surface area (Å²) in [5, 5.41) is 10.9. The van der Waals surface area contributed by atoms with Gasteiger partial charge >= 0.3 is 5.97 Å². The van der Waals surface area contributed by atoms with Gasteiger partial charge in [0.15, 0.2) is 0 Å². The molecule has 4 aliphatic rings. The number of esters is 1. The smallest absolute Gasteiger partial charge is 0.312 e. The van der Waals surface area contributed by atoms with Gasteiger partial charge in [-0.15, -0.1) is 0 Å². The van der Waals surface area contributed by atoms with Gasteiger partial charge in [-0.05, 0) is 68.6 Å². The molecule has 0 saturated heterocycles. The van der Waals surface area contributed by atoms with Crippen LogP contribution in [0.25, 0.3) is 0 Å². The minimum absolute atomic E-state index is 0.0435. The molecule has 0 aromatic heterocycles. The third-order valence-corrected chi connectivity index (χ3v) is 6.92. The SMILES string of the molecule is CC(C)C(C)(CC(C)(C)C)C(=O)OC12CC3CC(CC(O)(C3)C1)C2. The van der Waals surface area contributed by atoms with Crippen molar-refractivity contribution >= 4 is 5.97 Å². The summed E-state index contributed by atoms with van der Waals surface area (Å²) in [6.45, 7) is 12.9. The number of hydrogen-bond donors (Lipinski definition) is 1. The summed E-state index contributed by atoms with van der Waals surface area (Å²) in [7, 11) is 0. The summed E-state index contributed by atoms with van der Waals surface area (Å²) in [5.41, 5.74) is -1.37. The molecule has 3 unspecified atom stereocenters. The molecule has 4 saturated carbocycles. The number of ether oxygens (including phenoxy) is 1. The lowest BCUT2D eigenvalue weighted by Gasteiger charge is -2.59. The Morgan fingerprint density at radius 1 is 1.12 bits per heavy atom. The average Bonchev–Trinajstić information content (AvgIpc) is 2.32. The van der Waals surface area contributed by atoms with Crippen molar-refractivity contribution in [2.75, 3.05) is 0 Å². The van der Waals surface area contributed by atoms with E-state index in [0.717, 1.165) is 32.1 Å². The van der Waals surface area contributed by atoms with Gasteiger partial charge < -0.3 is 9.84 Å². The molecule has 0 amide bonds. The third-order valence-electron chi connectivity index (χ3n) is 6.92. The quantitative estimate of drug-likeness (QED) is 0.756. The topological polar surface area (TPSA) is 46.5 Å². The predicted molar refractivity (Wildman–Crippen MR) is 95.5 cm³/mol. The monoisotopic (exact) mass is 336 g/mol. The van der Waals surface area contributed by atoms with Crippen molar-refractivity contribution in [2.24, 2.45) is 28.6 Å². The minimum Gasteiger partial charge on any atom is -0.459 e. The number of hydrogen-bond acceptors (Lipinski definition) is 3. The first-order chi connectivity index (χ1) is 10.8. The Balaban J connectivity index is 1.80. The molecule has 4 fully saturated rings. The normalized spacial score (nSPS) is 40.7. The molecule has 24 heavy (non-hydrogen) atoms. The highest BCUT2D eigenvalue weighted by Crippen LogP contribution is 2.59. The molecule has 1 N–H and O–H groups in total. The summed E-state index contributed by atoms with van der Waals surface area (Å²) in [6.07, 6.45) is 6.43. The summed E-state index contributed by atoms with van der Waals surface area (Å²) in [5.74, 6) is 1.27. The molecular formula is C21H36O3. The lowest BCUT2D eigenvalue weighted by atomic mass is 9.52. The van der Waals surface area contributed by atoms with Crippen molar-refractivity contribution in [2.45, 2.75) is 97.7 Å². The fourth-order valence-electron chi connectivity index (χ4n) is 6.18. The van der Waals surface area contributed by atoms with Crippen LogP contribution in [0.15, 0.2) is 0 Å². The second-order valence-corrected chi connectivity index (χ2v) is 11.1. The molecule has 3 heteroatoms. The lowest BCUT2D eigenvalue weighted by Crippen LogP contribution is -2.61. The molecule has 0 radical (unpaired) electrons. The van der Waals surface area contributed by atoms with Crippen LogP contribution in [0.3, 0.4) is 0 Å². The molecule has 4 aliphatic carbocycles. The highest BCUT2D eigenvalue weighted by molar-refractivity contribution is 5.77. The molecule has 138 valence electrons. The Hall–Kier alpha value is -0.570. The second-order valence-electron chi connectivity index (χ2n) is 11.1. The van der Waals surface area contributed by atoms with Gasteiger partial charge in [0, 0.05) is 6.42 Å². The van der Waals surface area contributed by atoms with E-state index in [1.54, 1.807) is 0 Å². The Kier molecular flexibility index (Phi) is 4.15. The Bertz CT molecular complexity index is 502. The van der Waals surface area contributed by atoms with Crippen molar-refractivity contribution in [3.63, 3.8) is 0 Å². The zero-order valence-electron chi connectivity index (χ0n) is 16.4. The van der Waals surface area contributed by atoms with Crippen LogP contribution >= 0.6 is 0 Å². The molecular weight excluding hydrogens is 300 g/mol. The van der Waals surface area contributed by atoms with Gasteiger partial charge in [-0.3, -0.25) is 4.79 Å². The molecule has 4 bridgehead atoms. The second kappa shape index (κ2) is 5.46. The van der Waals surface area contributed by atoms with Crippen LogP contribution in [0, 0.1) is 28.6 Å². The summed E-state index contributed by atoms with van der Waals surface area (Å²) in [4.78, 5) is 13.3. The van der Waals surface area contributed by atoms with Crippen LogP contribution in [-0.4, -0.2) is 22.3 Å². The number of carbonyl (C=O) groups is 1. The van der Waals surface area contributed by atoms with Gasteiger partial charge in [0.1, 0.15) is 5.60 Å². The highest BCUT2D eigenvalue weighted by atomic mass is 16.6. The largest absolute Gasteiger partial charge is 0.459 e. The van der Waals surface area contributed by atoms with Gasteiger partial charge in [0.05, 0.1) is 11.0 Å². The average molecular weight is 337 g/mol. The van der Waals surface area contributed by atoms with Crippen LogP contribution in [-0.2, 0) is 9.53 Å². The van der Waals surface area contributed by atoms with Gasteiger partial charge in [-0.1, -0.05) is 34.6 Å². The number of carbonyl (C=O) groups excluding carboxylic acids is 1. The van der Waals surface area contributed by atoms with E-state index < -0.39 is 16.6 Å². The van der Waals surface area contributed by atoms with Crippen molar-refractivity contribution in [3.05, 3.63) is 0 Å². The van der Waals surface area contributed by atoms with E-state index in [0.29, 0.717) is 18.3 Å². The summed E-state index contributed by atoms with van der Waals surface area (Å²) < 4.78 is 6.29. The van der Waals surface area contributed by atoms with Crippen LogP contribution in [0.5, 0.6) is 0 Å². The summed E-state index contributed by atoms with van der Waals surface area (Å²) >= 11 is 0. The third kappa shape index (κ3) is 3.25. The highest BCUT2D eigenvalue weighted by Gasteiger charge is 2.60. The van der Waals surface area contributed by atoms with Crippen LogP contribution < -0.4 is 0 Å². The van der Waals surface area contributed by atoms with Crippen LogP contribution in [0.2, 0.25) is 0 Å². The minimum atomic E-state index is -0.581. The Morgan fingerprint density at radius 2 is 1.67 bits per heavy atom. The molecule has 0 spiro atoms. The Morgan fingerprint density at radius 3 is 2.08 bits per heavy atom. The zero-order valence-corrected chi connectivity index (χ0v) is 16.4. The van der Waals surface area contributed by atoms with Gasteiger partial charge in [0.2, 0.25) is 0 Å². The van der Waals surface area contributed by atoms with Gasteiger partial charge in [0.25, 0.3) is 0 Å². The van der Waals surface area contributed by atoms with E-state index in [2.05, 4.69) is 41.5 Å². The first-order valence-corrected chi connectivity index (χ1v) is 9.81. The fourth-order valence-corrected chi connectivity index (χ4v) is 6.18. The van der Waals surface area contributed by atoms with E-state index in [4.69, 9.17) is 4.74 Å². The van der Waals surface area contributed by atoms with Crippen molar-refractivity contribution in [3.8, 4) is 0 Å². The van der Waals surface area contributed by atoms with Crippen LogP contribution in [0.4, 0.5) is 0 Å². The first-order valence-electron chi connectivity index (χ1n) is 9.81. The van der Waals surface area contributed by atoms with Crippen molar-refractivity contribution in [1.29, 1.82) is 0 Å². The van der Waals surface area contributed by atoms with Crippen LogP contribution in [0.1, 0.15) is 86.5 Å². The number of aliphatic hydroxyl groups is 1. The van der Waals surface area contributed by atoms with E-state index in [1.807, 2.05) is 0 Å². The lowest BCUT2D eigenvalue weighted by molar-refractivity contribution is -0.228.